The molecule has 2 aromatic rings. The highest BCUT2D eigenvalue weighted by molar-refractivity contribution is 6.60. The van der Waals surface area contributed by atoms with Gasteiger partial charge in [-0.1, -0.05) is 36.4 Å². The Kier molecular flexibility index (Phi) is 3.77. The molecule has 2 N–H and O–H groups in total. The third-order valence-electron chi connectivity index (χ3n) is 2.41. The summed E-state index contributed by atoms with van der Waals surface area (Å²) in [6.45, 7) is 0. The van der Waals surface area contributed by atoms with Crippen molar-refractivity contribution in [1.29, 1.82) is 0 Å². The van der Waals surface area contributed by atoms with Gasteiger partial charge in [0, 0.05) is 0 Å². The normalized spacial score (nSPS) is 9.89. The fourth-order valence-electron chi connectivity index (χ4n) is 1.56. The van der Waals surface area contributed by atoms with E-state index in [1.165, 1.54) is 12.1 Å². The minimum atomic E-state index is -1.70. The zero-order valence-corrected chi connectivity index (χ0v) is 9.48. The Hall–Kier alpha value is -2.11. The molecule has 0 amide bonds. The molecule has 0 fully saturated rings. The first-order chi connectivity index (χ1) is 8.68. The van der Waals surface area contributed by atoms with Crippen molar-refractivity contribution in [3.8, 4) is 5.75 Å². The molecule has 0 bridgehead atoms. The molecule has 18 heavy (non-hydrogen) atoms. The summed E-state index contributed by atoms with van der Waals surface area (Å²) in [5, 5.41) is 18.3. The molecule has 0 aliphatic carbocycles. The molecule has 2 rings (SSSR count). The van der Waals surface area contributed by atoms with Gasteiger partial charge in [0.15, 0.2) is 0 Å². The van der Waals surface area contributed by atoms with E-state index in [4.69, 9.17) is 14.8 Å². The molecule has 4 nitrogen and oxygen atoms in total. The van der Waals surface area contributed by atoms with Gasteiger partial charge in [0.2, 0.25) is 0 Å². The van der Waals surface area contributed by atoms with Gasteiger partial charge in [-0.05, 0) is 23.7 Å². The molecule has 0 radical (unpaired) electrons. The third kappa shape index (κ3) is 2.77. The Morgan fingerprint density at radius 2 is 1.56 bits per heavy atom. The van der Waals surface area contributed by atoms with Gasteiger partial charge in [-0.15, -0.1) is 0 Å². The van der Waals surface area contributed by atoms with Crippen LogP contribution < -0.4 is 10.2 Å². The maximum absolute atomic E-state index is 11.9. The van der Waals surface area contributed by atoms with Gasteiger partial charge < -0.3 is 14.8 Å². The Bertz CT molecular complexity index is 540. The number of rotatable bonds is 3. The van der Waals surface area contributed by atoms with Crippen LogP contribution in [0, 0.1) is 0 Å². The topological polar surface area (TPSA) is 66.8 Å². The average Bonchev–Trinajstić information content (AvgIpc) is 2.40. The van der Waals surface area contributed by atoms with Gasteiger partial charge in [-0.2, -0.15) is 0 Å². The Morgan fingerprint density at radius 1 is 0.944 bits per heavy atom. The smallest absolute Gasteiger partial charge is 0.423 e. The maximum atomic E-state index is 11.9. The van der Waals surface area contributed by atoms with Crippen molar-refractivity contribution >= 4 is 18.6 Å². The molecule has 0 aromatic heterocycles. The number of carbonyl (C=O) groups is 1. The van der Waals surface area contributed by atoms with E-state index in [0.29, 0.717) is 5.75 Å². The van der Waals surface area contributed by atoms with Crippen molar-refractivity contribution < 1.29 is 19.6 Å². The highest BCUT2D eigenvalue weighted by Gasteiger charge is 2.21. The molecule has 90 valence electrons. The molecule has 0 heterocycles. The lowest BCUT2D eigenvalue weighted by Gasteiger charge is -2.08. The van der Waals surface area contributed by atoms with E-state index in [-0.39, 0.29) is 11.0 Å². The molecule has 0 saturated carbocycles. The van der Waals surface area contributed by atoms with Crippen LogP contribution >= 0.6 is 0 Å². The largest absolute Gasteiger partial charge is 0.489 e. The van der Waals surface area contributed by atoms with E-state index in [0.717, 1.165) is 0 Å². The first kappa shape index (κ1) is 12.4. The zero-order valence-electron chi connectivity index (χ0n) is 9.48. The van der Waals surface area contributed by atoms with Crippen molar-refractivity contribution in [3.63, 3.8) is 0 Å². The monoisotopic (exact) mass is 242 g/mol. The van der Waals surface area contributed by atoms with Gasteiger partial charge in [0.25, 0.3) is 0 Å². The van der Waals surface area contributed by atoms with E-state index in [9.17, 15) is 4.79 Å². The Morgan fingerprint density at radius 3 is 2.22 bits per heavy atom. The minimum absolute atomic E-state index is 0.124. The van der Waals surface area contributed by atoms with Crippen LogP contribution in [0.5, 0.6) is 5.75 Å². The van der Waals surface area contributed by atoms with Crippen molar-refractivity contribution in [2.45, 2.75) is 0 Å². The second-order valence-electron chi connectivity index (χ2n) is 3.66. The highest BCUT2D eigenvalue weighted by Crippen LogP contribution is 2.11. The lowest BCUT2D eigenvalue weighted by molar-refractivity contribution is 0.0735. The fourth-order valence-corrected chi connectivity index (χ4v) is 1.56. The molecular formula is C13H11BO4. The van der Waals surface area contributed by atoms with E-state index >= 15 is 0 Å². The fraction of sp³-hybridized carbons (Fsp3) is 0. The predicted octanol–water partition coefficient (Wildman–Crippen LogP) is 0.586. The van der Waals surface area contributed by atoms with Crippen LogP contribution in [-0.2, 0) is 0 Å². The summed E-state index contributed by atoms with van der Waals surface area (Å²) in [5.74, 6) is -0.213. The molecule has 0 saturated heterocycles. The van der Waals surface area contributed by atoms with Crippen LogP contribution in [0.4, 0.5) is 0 Å². The van der Waals surface area contributed by atoms with Crippen molar-refractivity contribution in [2.75, 3.05) is 0 Å². The van der Waals surface area contributed by atoms with E-state index in [2.05, 4.69) is 0 Å². The van der Waals surface area contributed by atoms with Crippen LogP contribution in [0.3, 0.4) is 0 Å². The number of benzene rings is 2. The molecule has 0 aliphatic heterocycles. The summed E-state index contributed by atoms with van der Waals surface area (Å²) < 4.78 is 5.13. The lowest BCUT2D eigenvalue weighted by atomic mass is 9.77. The summed E-state index contributed by atoms with van der Waals surface area (Å²) in [5.41, 5.74) is 0.259. The zero-order chi connectivity index (χ0) is 13.0. The maximum Gasteiger partial charge on any atom is 0.489 e. The van der Waals surface area contributed by atoms with Gasteiger partial charge in [-0.3, -0.25) is 0 Å². The first-order valence-corrected chi connectivity index (χ1v) is 5.41. The Balaban J connectivity index is 2.24. The Labute approximate surface area is 105 Å². The molecule has 0 unspecified atom stereocenters. The molecule has 0 spiro atoms. The standard InChI is InChI=1S/C13H11BO4/c15-13(18-10-6-2-1-3-7-10)11-8-4-5-9-12(11)14(16)17/h1-9,16-17H. The quantitative estimate of drug-likeness (QED) is 0.469. The molecule has 0 aliphatic rings. The lowest BCUT2D eigenvalue weighted by Crippen LogP contribution is -2.35. The van der Waals surface area contributed by atoms with Crippen molar-refractivity contribution in [1.82, 2.24) is 0 Å². The van der Waals surface area contributed by atoms with E-state index in [1.54, 1.807) is 36.4 Å². The predicted molar refractivity (Wildman–Crippen MR) is 67.7 cm³/mol. The van der Waals surface area contributed by atoms with Gasteiger partial charge in [0.1, 0.15) is 5.75 Å². The van der Waals surface area contributed by atoms with Gasteiger partial charge >= 0.3 is 13.1 Å². The number of ether oxygens (including phenoxy) is 1. The highest BCUT2D eigenvalue weighted by atomic mass is 16.5. The summed E-state index contributed by atoms with van der Waals surface area (Å²) >= 11 is 0. The SMILES string of the molecule is O=C(Oc1ccccc1)c1ccccc1B(O)O. The molecule has 0 atom stereocenters. The summed E-state index contributed by atoms with van der Waals surface area (Å²) in [7, 11) is -1.70. The van der Waals surface area contributed by atoms with Crippen LogP contribution in [0.25, 0.3) is 0 Å². The first-order valence-electron chi connectivity index (χ1n) is 5.41. The summed E-state index contributed by atoms with van der Waals surface area (Å²) in [6.07, 6.45) is 0. The van der Waals surface area contributed by atoms with Crippen LogP contribution in [-0.4, -0.2) is 23.1 Å². The molecule has 2 aromatic carbocycles. The summed E-state index contributed by atoms with van der Waals surface area (Å²) in [6, 6.07) is 14.8. The number of hydrogen-bond acceptors (Lipinski definition) is 4. The van der Waals surface area contributed by atoms with Crippen molar-refractivity contribution in [2.24, 2.45) is 0 Å². The number of para-hydroxylation sites is 1. The summed E-state index contributed by atoms with van der Waals surface area (Å²) in [4.78, 5) is 11.9. The van der Waals surface area contributed by atoms with E-state index < -0.39 is 13.1 Å². The van der Waals surface area contributed by atoms with Gasteiger partial charge in [0.05, 0.1) is 5.56 Å². The third-order valence-corrected chi connectivity index (χ3v) is 2.41. The van der Waals surface area contributed by atoms with Crippen LogP contribution in [0.1, 0.15) is 10.4 Å². The van der Waals surface area contributed by atoms with Gasteiger partial charge in [-0.25, -0.2) is 4.79 Å². The van der Waals surface area contributed by atoms with Crippen LogP contribution in [0.15, 0.2) is 54.6 Å². The second kappa shape index (κ2) is 5.49. The molecular weight excluding hydrogens is 231 g/mol. The van der Waals surface area contributed by atoms with E-state index in [1.807, 2.05) is 6.07 Å². The van der Waals surface area contributed by atoms with Crippen LogP contribution in [0.2, 0.25) is 0 Å². The second-order valence-corrected chi connectivity index (χ2v) is 3.66. The van der Waals surface area contributed by atoms with Crippen molar-refractivity contribution in [3.05, 3.63) is 60.2 Å². The number of esters is 1. The molecule has 5 heteroatoms. The number of hydrogen-bond donors (Lipinski definition) is 2. The average molecular weight is 242 g/mol. The number of carbonyl (C=O) groups excluding carboxylic acids is 1. The minimum Gasteiger partial charge on any atom is -0.423 e.